The molecule has 0 aromatic heterocycles. The highest BCUT2D eigenvalue weighted by atomic mass is 19.1. The number of amides is 1. The molecule has 1 atom stereocenters. The lowest BCUT2D eigenvalue weighted by molar-refractivity contribution is 0.0961. The maximum atomic E-state index is 13.2. The van der Waals surface area contributed by atoms with E-state index in [4.69, 9.17) is 4.74 Å². The van der Waals surface area contributed by atoms with Crippen LogP contribution in [0.1, 0.15) is 23.2 Å². The second-order valence-corrected chi connectivity index (χ2v) is 7.78. The lowest BCUT2D eigenvalue weighted by Gasteiger charge is -2.16. The number of nitrogens with zero attached hydrogens (tertiary/aromatic N) is 3. The summed E-state index contributed by atoms with van der Waals surface area (Å²) in [5.41, 5.74) is 1.68. The van der Waals surface area contributed by atoms with Crippen molar-refractivity contribution in [2.24, 2.45) is 0 Å². The molecule has 8 heteroatoms. The molecule has 1 fully saturated rings. The summed E-state index contributed by atoms with van der Waals surface area (Å²) >= 11 is 0. The first-order chi connectivity index (χ1) is 15.6. The van der Waals surface area contributed by atoms with E-state index in [1.165, 1.54) is 28.9 Å². The zero-order chi connectivity index (χ0) is 22.1. The summed E-state index contributed by atoms with van der Waals surface area (Å²) in [6, 6.07) is 14.6. The van der Waals surface area contributed by atoms with E-state index in [0.717, 1.165) is 12.8 Å². The minimum Gasteiger partial charge on any atom is -0.376 e. The Balaban J connectivity index is 1.59. The number of benzene rings is 2. The van der Waals surface area contributed by atoms with Crippen molar-refractivity contribution >= 4 is 11.6 Å². The van der Waals surface area contributed by atoms with Crippen LogP contribution in [0.3, 0.4) is 0 Å². The van der Waals surface area contributed by atoms with E-state index in [1.807, 2.05) is 22.8 Å². The Morgan fingerprint density at radius 1 is 1.12 bits per heavy atom. The molecule has 2 aromatic carbocycles. The van der Waals surface area contributed by atoms with Crippen molar-refractivity contribution in [1.29, 1.82) is 0 Å². The number of rotatable bonds is 5. The first-order valence-corrected chi connectivity index (χ1v) is 10.5. The summed E-state index contributed by atoms with van der Waals surface area (Å²) in [5, 5.41) is 7.24. The molecule has 5 rings (SSSR count). The zero-order valence-electron chi connectivity index (χ0n) is 17.2. The fraction of sp³-hybridized carbons (Fsp3) is 0.208. The van der Waals surface area contributed by atoms with Crippen LogP contribution in [-0.4, -0.2) is 33.0 Å². The standard InChI is InChI=1S/C24H21FN4O3/c25-16-8-10-17(11-9-16)26-23(30)20-14-28(13-19-7-4-12-32-19)15-21-22(20)27-29(24(21)31)18-5-2-1-3-6-18/h1-3,5-6,8-11,14-15,19H,4,7,12-13H2,(H,26,30). The van der Waals surface area contributed by atoms with Gasteiger partial charge in [-0.2, -0.15) is 9.78 Å². The van der Waals surface area contributed by atoms with Crippen LogP contribution in [0, 0.1) is 5.82 Å². The maximum absolute atomic E-state index is 13.2. The van der Waals surface area contributed by atoms with Gasteiger partial charge in [-0.15, -0.1) is 0 Å². The Morgan fingerprint density at radius 2 is 1.91 bits per heavy atom. The van der Waals surface area contributed by atoms with Gasteiger partial charge >= 0.3 is 0 Å². The van der Waals surface area contributed by atoms with Gasteiger partial charge in [-0.1, -0.05) is 18.2 Å². The number of ether oxygens (including phenoxy) is 1. The van der Waals surface area contributed by atoms with Gasteiger partial charge in [-0.05, 0) is 49.2 Å². The zero-order valence-corrected chi connectivity index (χ0v) is 17.2. The molecule has 7 nitrogen and oxygen atoms in total. The fourth-order valence-corrected chi connectivity index (χ4v) is 3.93. The fourth-order valence-electron chi connectivity index (χ4n) is 3.93. The molecule has 1 amide bonds. The van der Waals surface area contributed by atoms with Crippen LogP contribution in [0.25, 0.3) is 16.9 Å². The van der Waals surface area contributed by atoms with E-state index in [-0.39, 0.29) is 17.2 Å². The second-order valence-electron chi connectivity index (χ2n) is 7.78. The Morgan fingerprint density at radius 3 is 2.62 bits per heavy atom. The second kappa shape index (κ2) is 8.39. The molecule has 0 aliphatic carbocycles. The van der Waals surface area contributed by atoms with Crippen LogP contribution < -0.4 is 10.9 Å². The molecule has 1 unspecified atom stereocenters. The first kappa shape index (κ1) is 20.1. The van der Waals surface area contributed by atoms with Crippen LogP contribution in [0.5, 0.6) is 0 Å². The van der Waals surface area contributed by atoms with Gasteiger partial charge in [0.2, 0.25) is 0 Å². The van der Waals surface area contributed by atoms with Crippen LogP contribution >= 0.6 is 0 Å². The predicted molar refractivity (Wildman–Crippen MR) is 118 cm³/mol. The number of anilines is 1. The SMILES string of the molecule is O=C(Nc1ccc(F)cc1)c1cn(CC2CCCO2)cc2c(=O)n(-c3ccccc3)nc1-2. The minimum atomic E-state index is -0.430. The summed E-state index contributed by atoms with van der Waals surface area (Å²) in [5.74, 6) is -0.821. The Labute approximate surface area is 183 Å². The molecule has 0 radical (unpaired) electrons. The van der Waals surface area contributed by atoms with Gasteiger partial charge in [-0.3, -0.25) is 9.59 Å². The minimum absolute atomic E-state index is 0.0322. The number of hydrogen-bond acceptors (Lipinski definition) is 4. The molecule has 2 aromatic rings. The summed E-state index contributed by atoms with van der Waals surface area (Å²) in [7, 11) is 0. The van der Waals surface area contributed by atoms with E-state index in [1.54, 1.807) is 24.5 Å². The average molecular weight is 432 g/mol. The van der Waals surface area contributed by atoms with Crippen molar-refractivity contribution in [3.05, 3.63) is 88.7 Å². The Hall–Kier alpha value is -3.78. The van der Waals surface area contributed by atoms with E-state index >= 15 is 0 Å². The number of carbonyl (C=O) groups excluding carboxylic acids is 1. The average Bonchev–Trinajstić information content (AvgIpc) is 3.43. The van der Waals surface area contributed by atoms with Gasteiger partial charge in [0, 0.05) is 31.2 Å². The molecule has 162 valence electrons. The molecule has 0 spiro atoms. The van der Waals surface area contributed by atoms with Crippen LogP contribution in [-0.2, 0) is 11.3 Å². The summed E-state index contributed by atoms with van der Waals surface area (Å²) in [6.07, 6.45) is 5.36. The third-order valence-electron chi connectivity index (χ3n) is 5.51. The van der Waals surface area contributed by atoms with Crippen molar-refractivity contribution in [3.8, 4) is 16.9 Å². The van der Waals surface area contributed by atoms with Gasteiger partial charge in [-0.25, -0.2) is 4.39 Å². The lowest BCUT2D eigenvalue weighted by Crippen LogP contribution is -2.20. The van der Waals surface area contributed by atoms with E-state index in [0.29, 0.717) is 35.8 Å². The number of nitrogens with one attached hydrogen (secondary N) is 1. The first-order valence-electron chi connectivity index (χ1n) is 10.5. The van der Waals surface area contributed by atoms with Crippen molar-refractivity contribution in [1.82, 2.24) is 14.3 Å². The molecular weight excluding hydrogens is 411 g/mol. The van der Waals surface area contributed by atoms with Crippen LogP contribution in [0.2, 0.25) is 0 Å². The van der Waals surface area contributed by atoms with Crippen molar-refractivity contribution in [3.63, 3.8) is 0 Å². The van der Waals surface area contributed by atoms with Gasteiger partial charge in [0.1, 0.15) is 11.5 Å². The number of pyridine rings is 1. The van der Waals surface area contributed by atoms with Gasteiger partial charge in [0.05, 0.1) is 22.9 Å². The topological polar surface area (TPSA) is 78.2 Å². The highest BCUT2D eigenvalue weighted by molar-refractivity contribution is 6.08. The number of fused-ring (bicyclic) bond motifs is 1. The molecule has 3 aliphatic heterocycles. The molecule has 3 aliphatic rings. The monoisotopic (exact) mass is 432 g/mol. The summed E-state index contributed by atoms with van der Waals surface area (Å²) in [6.45, 7) is 1.24. The number of halogens is 1. The summed E-state index contributed by atoms with van der Waals surface area (Å²) in [4.78, 5) is 26.3. The van der Waals surface area contributed by atoms with Crippen LogP contribution in [0.4, 0.5) is 10.1 Å². The van der Waals surface area contributed by atoms with E-state index < -0.39 is 11.7 Å². The van der Waals surface area contributed by atoms with E-state index in [9.17, 15) is 14.0 Å². The molecule has 1 saturated heterocycles. The number of aromatic nitrogens is 3. The van der Waals surface area contributed by atoms with Gasteiger partial charge < -0.3 is 14.6 Å². The summed E-state index contributed by atoms with van der Waals surface area (Å²) < 4.78 is 22.1. The number of para-hydroxylation sites is 1. The molecule has 0 bridgehead atoms. The molecule has 0 saturated carbocycles. The quantitative estimate of drug-likeness (QED) is 0.522. The molecule has 32 heavy (non-hydrogen) atoms. The predicted octanol–water partition coefficient (Wildman–Crippen LogP) is 3.71. The van der Waals surface area contributed by atoms with E-state index in [2.05, 4.69) is 10.4 Å². The van der Waals surface area contributed by atoms with Crippen molar-refractivity contribution in [2.75, 3.05) is 11.9 Å². The van der Waals surface area contributed by atoms with Gasteiger partial charge in [0.15, 0.2) is 0 Å². The maximum Gasteiger partial charge on any atom is 0.282 e. The lowest BCUT2D eigenvalue weighted by atomic mass is 10.1. The number of carbonyl (C=O) groups is 1. The third-order valence-corrected chi connectivity index (χ3v) is 5.51. The molecule has 3 heterocycles. The highest BCUT2D eigenvalue weighted by Crippen LogP contribution is 2.25. The largest absolute Gasteiger partial charge is 0.376 e. The van der Waals surface area contributed by atoms with Crippen molar-refractivity contribution in [2.45, 2.75) is 25.5 Å². The van der Waals surface area contributed by atoms with Crippen molar-refractivity contribution < 1.29 is 13.9 Å². The Bertz CT molecular complexity index is 1280. The molecular formula is C24H21FN4O3. The molecule has 1 N–H and O–H groups in total. The van der Waals surface area contributed by atoms with Crippen LogP contribution in [0.15, 0.2) is 71.8 Å². The third kappa shape index (κ3) is 3.92. The highest BCUT2D eigenvalue weighted by Gasteiger charge is 2.26. The normalized spacial score (nSPS) is 15.8. The van der Waals surface area contributed by atoms with Gasteiger partial charge in [0.25, 0.3) is 11.5 Å². The Kier molecular flexibility index (Phi) is 5.28. The smallest absolute Gasteiger partial charge is 0.282 e. The number of hydrogen-bond donors (Lipinski definition) is 1.